The summed E-state index contributed by atoms with van der Waals surface area (Å²) in [5.41, 5.74) is 0.0583. The van der Waals surface area contributed by atoms with Crippen LogP contribution in [0.25, 0.3) is 0 Å². The van der Waals surface area contributed by atoms with E-state index in [2.05, 4.69) is 10.6 Å². The lowest BCUT2D eigenvalue weighted by molar-refractivity contribution is -0.116. The largest absolute Gasteiger partial charge is 0.325 e. The average molecular weight is 440 g/mol. The number of halogens is 2. The Labute approximate surface area is 171 Å². The first-order chi connectivity index (χ1) is 13.6. The fourth-order valence-corrected chi connectivity index (χ4v) is 5.09. The Hall–Kier alpha value is -2.46. The van der Waals surface area contributed by atoms with Gasteiger partial charge in [0.15, 0.2) is 9.84 Å². The fraction of sp³-hybridized carbons (Fsp3) is 0.263. The molecule has 0 aliphatic carbocycles. The van der Waals surface area contributed by atoms with Gasteiger partial charge in [0.1, 0.15) is 11.6 Å². The summed E-state index contributed by atoms with van der Waals surface area (Å²) < 4.78 is 51.9. The first-order valence-corrected chi connectivity index (χ1v) is 11.3. The number of rotatable bonds is 5. The third-order valence-electron chi connectivity index (χ3n) is 4.19. The molecule has 154 valence electrons. The molecule has 0 bridgehead atoms. The molecule has 1 unspecified atom stereocenters. The predicted octanol–water partition coefficient (Wildman–Crippen LogP) is 3.59. The van der Waals surface area contributed by atoms with Crippen molar-refractivity contribution in [3.05, 3.63) is 48.0 Å². The minimum Gasteiger partial charge on any atom is -0.325 e. The Morgan fingerprint density at radius 1 is 1.24 bits per heavy atom. The van der Waals surface area contributed by atoms with E-state index in [0.29, 0.717) is 12.1 Å². The highest BCUT2D eigenvalue weighted by Crippen LogP contribution is 2.36. The van der Waals surface area contributed by atoms with Crippen molar-refractivity contribution in [2.24, 2.45) is 0 Å². The van der Waals surface area contributed by atoms with Crippen LogP contribution < -0.4 is 10.6 Å². The number of fused-ring (bicyclic) bond motifs is 1. The third-order valence-corrected chi connectivity index (χ3v) is 7.08. The Bertz CT molecular complexity index is 1070. The molecule has 1 atom stereocenters. The van der Waals surface area contributed by atoms with Crippen molar-refractivity contribution in [3.8, 4) is 0 Å². The zero-order valence-corrected chi connectivity index (χ0v) is 17.0. The topological polar surface area (TPSA) is 92.3 Å². The molecule has 2 N–H and O–H groups in total. The molecule has 0 aromatic heterocycles. The maximum absolute atomic E-state index is 13.6. The number of hydrogen-bond acceptors (Lipinski definition) is 5. The van der Waals surface area contributed by atoms with E-state index in [1.54, 1.807) is 6.07 Å². The molecular weight excluding hydrogens is 422 g/mol. The SMILES string of the molecule is CC1CC(=O)Nc2cc(S(=O)(=O)CCC(=O)Nc3cc(F)ccc3F)ccc2S1. The van der Waals surface area contributed by atoms with Crippen molar-refractivity contribution in [1.82, 2.24) is 0 Å². The number of hydrogen-bond donors (Lipinski definition) is 2. The number of carbonyl (C=O) groups excluding carboxylic acids is 2. The summed E-state index contributed by atoms with van der Waals surface area (Å²) in [5.74, 6) is -3.03. The second-order valence-corrected chi connectivity index (χ2v) is 10.2. The van der Waals surface area contributed by atoms with E-state index in [0.717, 1.165) is 23.1 Å². The Balaban J connectivity index is 1.70. The van der Waals surface area contributed by atoms with Crippen LogP contribution >= 0.6 is 11.8 Å². The number of amides is 2. The molecule has 2 amide bonds. The van der Waals surface area contributed by atoms with Gasteiger partial charge in [-0.15, -0.1) is 11.8 Å². The van der Waals surface area contributed by atoms with Crippen LogP contribution in [0.5, 0.6) is 0 Å². The van der Waals surface area contributed by atoms with Crippen molar-refractivity contribution in [3.63, 3.8) is 0 Å². The van der Waals surface area contributed by atoms with Crippen molar-refractivity contribution in [2.45, 2.75) is 34.8 Å². The number of anilines is 2. The number of carbonyl (C=O) groups is 2. The van der Waals surface area contributed by atoms with Crippen LogP contribution in [-0.4, -0.2) is 31.2 Å². The van der Waals surface area contributed by atoms with Gasteiger partial charge in [-0.25, -0.2) is 17.2 Å². The second kappa shape index (κ2) is 8.50. The van der Waals surface area contributed by atoms with Crippen LogP contribution in [0.4, 0.5) is 20.2 Å². The van der Waals surface area contributed by atoms with E-state index in [1.807, 2.05) is 6.92 Å². The summed E-state index contributed by atoms with van der Waals surface area (Å²) in [7, 11) is -3.83. The fourth-order valence-electron chi connectivity index (χ4n) is 2.77. The highest BCUT2D eigenvalue weighted by molar-refractivity contribution is 8.00. The molecule has 0 saturated carbocycles. The van der Waals surface area contributed by atoms with Crippen molar-refractivity contribution >= 4 is 44.8 Å². The summed E-state index contributed by atoms with van der Waals surface area (Å²) in [6, 6.07) is 7.01. The van der Waals surface area contributed by atoms with Gasteiger partial charge in [-0.05, 0) is 30.3 Å². The minimum atomic E-state index is -3.83. The molecule has 0 spiro atoms. The van der Waals surface area contributed by atoms with Gasteiger partial charge in [-0.1, -0.05) is 6.92 Å². The molecule has 1 aliphatic rings. The van der Waals surface area contributed by atoms with E-state index in [9.17, 15) is 26.8 Å². The molecule has 0 saturated heterocycles. The lowest BCUT2D eigenvalue weighted by atomic mass is 10.3. The quantitative estimate of drug-likeness (QED) is 0.741. The van der Waals surface area contributed by atoms with Crippen LogP contribution in [0.1, 0.15) is 19.8 Å². The van der Waals surface area contributed by atoms with Gasteiger partial charge in [0.2, 0.25) is 11.8 Å². The second-order valence-electron chi connectivity index (χ2n) is 6.58. The molecule has 2 aromatic rings. The first kappa shape index (κ1) is 21.3. The lowest BCUT2D eigenvalue weighted by Gasteiger charge is -2.11. The maximum Gasteiger partial charge on any atom is 0.225 e. The van der Waals surface area contributed by atoms with Gasteiger partial charge < -0.3 is 10.6 Å². The van der Waals surface area contributed by atoms with Gasteiger partial charge >= 0.3 is 0 Å². The van der Waals surface area contributed by atoms with Crippen LogP contribution in [0.15, 0.2) is 46.2 Å². The molecule has 6 nitrogen and oxygen atoms in total. The van der Waals surface area contributed by atoms with Crippen LogP contribution in [-0.2, 0) is 19.4 Å². The predicted molar refractivity (Wildman–Crippen MR) is 107 cm³/mol. The zero-order chi connectivity index (χ0) is 21.2. The van der Waals surface area contributed by atoms with E-state index >= 15 is 0 Å². The summed E-state index contributed by atoms with van der Waals surface area (Å²) in [6.45, 7) is 1.91. The Morgan fingerprint density at radius 3 is 2.76 bits per heavy atom. The van der Waals surface area contributed by atoms with Crippen molar-refractivity contribution in [2.75, 3.05) is 16.4 Å². The highest BCUT2D eigenvalue weighted by Gasteiger charge is 2.23. The van der Waals surface area contributed by atoms with Gasteiger partial charge in [0.05, 0.1) is 22.0 Å². The zero-order valence-electron chi connectivity index (χ0n) is 15.4. The van der Waals surface area contributed by atoms with Gasteiger partial charge in [-0.3, -0.25) is 9.59 Å². The molecule has 1 heterocycles. The smallest absolute Gasteiger partial charge is 0.225 e. The van der Waals surface area contributed by atoms with E-state index < -0.39 is 39.6 Å². The number of thioether (sulfide) groups is 1. The molecular formula is C19H18F2N2O4S2. The molecule has 3 rings (SSSR count). The first-order valence-electron chi connectivity index (χ1n) is 8.72. The Morgan fingerprint density at radius 2 is 2.00 bits per heavy atom. The molecule has 0 fully saturated rings. The summed E-state index contributed by atoms with van der Waals surface area (Å²) in [5, 5.41) is 4.92. The number of benzene rings is 2. The van der Waals surface area contributed by atoms with Gasteiger partial charge in [-0.2, -0.15) is 0 Å². The monoisotopic (exact) mass is 440 g/mol. The van der Waals surface area contributed by atoms with Gasteiger partial charge in [0, 0.05) is 29.1 Å². The average Bonchev–Trinajstić information content (AvgIpc) is 2.78. The van der Waals surface area contributed by atoms with Crippen LogP contribution in [0, 0.1) is 11.6 Å². The summed E-state index contributed by atoms with van der Waals surface area (Å²) in [4.78, 5) is 24.6. The van der Waals surface area contributed by atoms with Crippen LogP contribution in [0.2, 0.25) is 0 Å². The standard InChI is InChI=1S/C19H18F2N2O4S2/c1-11-8-19(25)23-16-10-13(3-5-17(16)28-11)29(26,27)7-6-18(24)22-15-9-12(20)2-4-14(15)21/h2-5,9-11H,6-8H2,1H3,(H,22,24)(H,23,25). The molecule has 0 radical (unpaired) electrons. The summed E-state index contributed by atoms with van der Waals surface area (Å²) >= 11 is 1.47. The highest BCUT2D eigenvalue weighted by atomic mass is 32.2. The van der Waals surface area contributed by atoms with E-state index in [1.165, 1.54) is 23.9 Å². The van der Waals surface area contributed by atoms with Crippen molar-refractivity contribution < 1.29 is 26.8 Å². The van der Waals surface area contributed by atoms with E-state index in [-0.39, 0.29) is 21.7 Å². The number of sulfone groups is 1. The minimum absolute atomic E-state index is 0.0311. The molecule has 10 heteroatoms. The molecule has 2 aromatic carbocycles. The number of nitrogens with one attached hydrogen (secondary N) is 2. The van der Waals surface area contributed by atoms with Crippen molar-refractivity contribution in [1.29, 1.82) is 0 Å². The maximum atomic E-state index is 13.6. The lowest BCUT2D eigenvalue weighted by Crippen LogP contribution is -2.18. The van der Waals surface area contributed by atoms with Gasteiger partial charge in [0.25, 0.3) is 0 Å². The molecule has 29 heavy (non-hydrogen) atoms. The Kier molecular flexibility index (Phi) is 6.23. The van der Waals surface area contributed by atoms with E-state index in [4.69, 9.17) is 0 Å². The third kappa shape index (κ3) is 5.33. The van der Waals surface area contributed by atoms with Crippen LogP contribution in [0.3, 0.4) is 0 Å². The summed E-state index contributed by atoms with van der Waals surface area (Å²) in [6.07, 6.45) is -0.119. The molecule has 1 aliphatic heterocycles. The normalized spacial score (nSPS) is 16.5.